The smallest absolute Gasteiger partial charge is 0.227 e. The summed E-state index contributed by atoms with van der Waals surface area (Å²) in [6, 6.07) is 4.33. The van der Waals surface area contributed by atoms with E-state index in [4.69, 9.17) is 4.74 Å². The van der Waals surface area contributed by atoms with Crippen molar-refractivity contribution in [3.63, 3.8) is 0 Å². The summed E-state index contributed by atoms with van der Waals surface area (Å²) >= 11 is 0. The third-order valence-corrected chi connectivity index (χ3v) is 4.78. The number of pyridine rings is 1. The van der Waals surface area contributed by atoms with Gasteiger partial charge in [0.1, 0.15) is 17.7 Å². The van der Waals surface area contributed by atoms with Crippen LogP contribution in [0.15, 0.2) is 24.7 Å². The SMILES string of the molecule is C1CC1.COc1ncnc(NC2CC2)c1-c1cc2cc(N(C)O)ncc2n1C.[U]. The molecule has 0 aromatic carbocycles. The standard InChI is InChI=1S/C17H20N6O2.C3H6.U/c1-22-12(6-10-7-14(23(2)24)18-8-13(10)22)15-16(21-11-4-5-11)19-9-20-17(15)25-3;1-2-3-1;/h6-9,11,24H,4-5H2,1-3H3,(H,19,20,21);1-3H2;. The van der Waals surface area contributed by atoms with E-state index < -0.39 is 0 Å². The third-order valence-electron chi connectivity index (χ3n) is 4.78. The van der Waals surface area contributed by atoms with Crippen LogP contribution in [-0.2, 0) is 7.05 Å². The molecule has 0 unspecified atom stereocenters. The molecule has 0 aliphatic heterocycles. The molecule has 2 saturated carbocycles. The van der Waals surface area contributed by atoms with Crippen molar-refractivity contribution in [1.29, 1.82) is 0 Å². The van der Waals surface area contributed by atoms with Crippen molar-refractivity contribution in [2.45, 2.75) is 38.1 Å². The van der Waals surface area contributed by atoms with Gasteiger partial charge in [0.05, 0.1) is 24.5 Å². The summed E-state index contributed by atoms with van der Waals surface area (Å²) in [5.74, 6) is 1.78. The van der Waals surface area contributed by atoms with Gasteiger partial charge in [-0.2, -0.15) is 0 Å². The molecule has 3 aromatic heterocycles. The van der Waals surface area contributed by atoms with Crippen LogP contribution < -0.4 is 15.1 Å². The first-order valence-electron chi connectivity index (χ1n) is 9.62. The molecule has 3 heterocycles. The number of aryl methyl sites for hydroxylation is 1. The Bertz CT molecular complexity index is 982. The van der Waals surface area contributed by atoms with Crippen LogP contribution in [0.25, 0.3) is 22.2 Å². The fourth-order valence-electron chi connectivity index (χ4n) is 2.92. The zero-order chi connectivity index (χ0) is 19.7. The topological polar surface area (TPSA) is 88.3 Å². The molecule has 2 N–H and O–H groups in total. The molecule has 29 heavy (non-hydrogen) atoms. The van der Waals surface area contributed by atoms with Crippen LogP contribution in [0.3, 0.4) is 0 Å². The number of anilines is 2. The summed E-state index contributed by atoms with van der Waals surface area (Å²) in [5.41, 5.74) is 2.70. The number of nitrogens with one attached hydrogen (secondary N) is 1. The molecule has 2 fully saturated rings. The van der Waals surface area contributed by atoms with Crippen LogP contribution in [0.4, 0.5) is 11.6 Å². The second-order valence-electron chi connectivity index (χ2n) is 7.30. The van der Waals surface area contributed by atoms with E-state index in [1.54, 1.807) is 20.4 Å². The Morgan fingerprint density at radius 1 is 1.17 bits per heavy atom. The largest absolute Gasteiger partial charge is 0.480 e. The van der Waals surface area contributed by atoms with Crippen molar-refractivity contribution in [2.24, 2.45) is 7.05 Å². The van der Waals surface area contributed by atoms with E-state index in [9.17, 15) is 5.21 Å². The minimum atomic E-state index is 0. The first-order valence-corrected chi connectivity index (χ1v) is 9.62. The Balaban J connectivity index is 0.000000551. The first kappa shape index (κ1) is 21.9. The van der Waals surface area contributed by atoms with Gasteiger partial charge in [-0.25, -0.2) is 20.0 Å². The number of aromatic nitrogens is 4. The van der Waals surface area contributed by atoms with Gasteiger partial charge < -0.3 is 14.6 Å². The van der Waals surface area contributed by atoms with E-state index in [0.29, 0.717) is 17.7 Å². The number of ether oxygens (including phenoxy) is 1. The minimum Gasteiger partial charge on any atom is -0.480 e. The predicted molar refractivity (Wildman–Crippen MR) is 109 cm³/mol. The number of fused-ring (bicyclic) bond motifs is 1. The second kappa shape index (κ2) is 9.33. The van der Waals surface area contributed by atoms with Gasteiger partial charge in [-0.15, -0.1) is 0 Å². The minimum absolute atomic E-state index is 0. The maximum atomic E-state index is 9.62. The van der Waals surface area contributed by atoms with Gasteiger partial charge in [-0.3, -0.25) is 5.21 Å². The van der Waals surface area contributed by atoms with Crippen LogP contribution in [-0.4, -0.2) is 44.9 Å². The molecular weight excluding hydrogens is 594 g/mol. The number of hydroxylamine groups is 1. The normalized spacial score (nSPS) is 14.5. The van der Waals surface area contributed by atoms with Crippen molar-refractivity contribution in [3.8, 4) is 17.1 Å². The van der Waals surface area contributed by atoms with Gasteiger partial charge in [0.25, 0.3) is 0 Å². The Labute approximate surface area is 194 Å². The number of hydrogen-bond donors (Lipinski definition) is 2. The van der Waals surface area contributed by atoms with Crippen LogP contribution in [0.5, 0.6) is 5.88 Å². The predicted octanol–water partition coefficient (Wildman–Crippen LogP) is 3.61. The Kier molecular flexibility index (Phi) is 7.04. The van der Waals surface area contributed by atoms with Gasteiger partial charge >= 0.3 is 0 Å². The van der Waals surface area contributed by atoms with Crippen molar-refractivity contribution in [3.05, 3.63) is 24.7 Å². The molecule has 0 radical (unpaired) electrons. The van der Waals surface area contributed by atoms with Crippen molar-refractivity contribution < 1.29 is 41.1 Å². The van der Waals surface area contributed by atoms with E-state index >= 15 is 0 Å². The fraction of sp³-hybridized carbons (Fsp3) is 0.450. The van der Waals surface area contributed by atoms with E-state index in [1.165, 1.54) is 25.6 Å². The Hall–Kier alpha value is -1.82. The molecule has 0 saturated heterocycles. The van der Waals surface area contributed by atoms with Gasteiger partial charge in [-0.05, 0) is 25.0 Å². The Morgan fingerprint density at radius 3 is 2.48 bits per heavy atom. The Morgan fingerprint density at radius 2 is 1.90 bits per heavy atom. The van der Waals surface area contributed by atoms with E-state index in [-0.39, 0.29) is 31.1 Å². The van der Waals surface area contributed by atoms with E-state index in [2.05, 4.69) is 20.3 Å². The molecule has 0 spiro atoms. The summed E-state index contributed by atoms with van der Waals surface area (Å²) in [6.07, 6.45) is 10.1. The summed E-state index contributed by atoms with van der Waals surface area (Å²) in [4.78, 5) is 13.0. The summed E-state index contributed by atoms with van der Waals surface area (Å²) in [7, 11) is 5.12. The summed E-state index contributed by atoms with van der Waals surface area (Å²) in [6.45, 7) is 0. The quantitative estimate of drug-likeness (QED) is 0.422. The molecule has 0 amide bonds. The van der Waals surface area contributed by atoms with Crippen LogP contribution >= 0.6 is 0 Å². The average Bonchev–Trinajstić information content (AvgIpc) is 3.60. The van der Waals surface area contributed by atoms with Crippen molar-refractivity contribution in [2.75, 3.05) is 24.5 Å². The van der Waals surface area contributed by atoms with Crippen LogP contribution in [0, 0.1) is 31.1 Å². The molecule has 2 aliphatic rings. The van der Waals surface area contributed by atoms with Gasteiger partial charge in [0, 0.05) is 56.6 Å². The molecular formula is C20H26N6O2U. The summed E-state index contributed by atoms with van der Waals surface area (Å²) in [5, 5.41) is 15.0. The first-order chi connectivity index (χ1) is 13.6. The van der Waals surface area contributed by atoms with E-state index in [1.807, 2.05) is 23.7 Å². The van der Waals surface area contributed by atoms with E-state index in [0.717, 1.165) is 45.9 Å². The van der Waals surface area contributed by atoms with Crippen molar-refractivity contribution >= 4 is 22.5 Å². The van der Waals surface area contributed by atoms with Gasteiger partial charge in [0.15, 0.2) is 5.82 Å². The monoisotopic (exact) mass is 620 g/mol. The molecule has 0 bridgehead atoms. The number of nitrogens with zero attached hydrogens (tertiary/aromatic N) is 5. The zero-order valence-corrected chi connectivity index (χ0v) is 21.2. The molecule has 8 nitrogen and oxygen atoms in total. The maximum Gasteiger partial charge on any atom is 0.227 e. The maximum absolute atomic E-state index is 9.62. The molecule has 3 aromatic rings. The number of hydrogen-bond acceptors (Lipinski definition) is 7. The van der Waals surface area contributed by atoms with Crippen LogP contribution in [0.2, 0.25) is 0 Å². The van der Waals surface area contributed by atoms with Gasteiger partial charge in [0.2, 0.25) is 5.88 Å². The number of rotatable bonds is 5. The molecule has 152 valence electrons. The second-order valence-corrected chi connectivity index (χ2v) is 7.30. The zero-order valence-electron chi connectivity index (χ0n) is 17.0. The third kappa shape index (κ3) is 5.03. The molecule has 2 aliphatic carbocycles. The van der Waals surface area contributed by atoms with Crippen molar-refractivity contribution in [1.82, 2.24) is 19.5 Å². The van der Waals surface area contributed by atoms with Crippen LogP contribution in [0.1, 0.15) is 32.1 Å². The summed E-state index contributed by atoms with van der Waals surface area (Å²) < 4.78 is 7.52. The van der Waals surface area contributed by atoms with Gasteiger partial charge in [-0.1, -0.05) is 19.3 Å². The molecule has 5 rings (SSSR count). The number of methoxy groups -OCH3 is 1. The average molecular weight is 620 g/mol. The fourth-order valence-corrected chi connectivity index (χ4v) is 2.92. The molecule has 0 atom stereocenters. The molecule has 9 heteroatoms.